The molecule has 1 aromatic carbocycles. The average Bonchev–Trinajstić information content (AvgIpc) is 2.87. The van der Waals surface area contributed by atoms with Crippen LogP contribution in [0.1, 0.15) is 25.8 Å². The first-order chi connectivity index (χ1) is 7.99. The van der Waals surface area contributed by atoms with E-state index in [1.165, 1.54) is 0 Å². The van der Waals surface area contributed by atoms with E-state index >= 15 is 0 Å². The maximum atomic E-state index is 11.8. The minimum Gasteiger partial charge on any atom is -0.351 e. The van der Waals surface area contributed by atoms with Crippen molar-refractivity contribution in [2.45, 2.75) is 38.8 Å². The molecule has 3 heteroatoms. The van der Waals surface area contributed by atoms with Crippen molar-refractivity contribution in [2.75, 3.05) is 0 Å². The van der Waals surface area contributed by atoms with Gasteiger partial charge in [0.25, 0.3) is 0 Å². The highest BCUT2D eigenvalue weighted by atomic mass is 16.2. The van der Waals surface area contributed by atoms with Gasteiger partial charge >= 0.3 is 0 Å². The number of hydrogen-bond donors (Lipinski definition) is 2. The van der Waals surface area contributed by atoms with Crippen LogP contribution in [0.25, 0.3) is 0 Å². The molecule has 1 saturated carbocycles. The van der Waals surface area contributed by atoms with Crippen LogP contribution in [0.4, 0.5) is 0 Å². The van der Waals surface area contributed by atoms with E-state index in [2.05, 4.69) is 19.2 Å². The largest absolute Gasteiger partial charge is 0.351 e. The molecule has 3 nitrogen and oxygen atoms in total. The maximum absolute atomic E-state index is 11.8. The molecule has 2 atom stereocenters. The summed E-state index contributed by atoms with van der Waals surface area (Å²) in [5.74, 6) is -0.0376. The zero-order valence-corrected chi connectivity index (χ0v) is 10.4. The molecule has 0 aliphatic heterocycles. The SMILES string of the molecule is CC1(C)CC1NC(=O)[C@@H](N)Cc1ccccc1. The monoisotopic (exact) mass is 232 g/mol. The summed E-state index contributed by atoms with van der Waals surface area (Å²) in [5.41, 5.74) is 7.26. The lowest BCUT2D eigenvalue weighted by Gasteiger charge is -2.13. The Morgan fingerprint density at radius 2 is 2.06 bits per heavy atom. The van der Waals surface area contributed by atoms with E-state index in [9.17, 15) is 4.79 Å². The maximum Gasteiger partial charge on any atom is 0.237 e. The van der Waals surface area contributed by atoms with E-state index in [1.807, 2.05) is 30.3 Å². The average molecular weight is 232 g/mol. The van der Waals surface area contributed by atoms with Crippen LogP contribution in [0.3, 0.4) is 0 Å². The fraction of sp³-hybridized carbons (Fsp3) is 0.500. The van der Waals surface area contributed by atoms with Crippen molar-refractivity contribution >= 4 is 5.91 Å². The van der Waals surface area contributed by atoms with Gasteiger partial charge in [-0.15, -0.1) is 0 Å². The summed E-state index contributed by atoms with van der Waals surface area (Å²) in [6.45, 7) is 4.31. The Balaban J connectivity index is 1.84. The standard InChI is InChI=1S/C14H20N2O/c1-14(2)9-12(14)16-13(17)11(15)8-10-6-4-3-5-7-10/h3-7,11-12H,8-9,15H2,1-2H3,(H,16,17)/t11-,12?/m0/s1. The molecular weight excluding hydrogens is 212 g/mol. The number of benzene rings is 1. The van der Waals surface area contributed by atoms with Crippen LogP contribution in [0.15, 0.2) is 30.3 Å². The highest BCUT2D eigenvalue weighted by molar-refractivity contribution is 5.82. The molecule has 3 N–H and O–H groups in total. The van der Waals surface area contributed by atoms with Gasteiger partial charge in [-0.1, -0.05) is 44.2 Å². The normalized spacial score (nSPS) is 22.9. The van der Waals surface area contributed by atoms with Gasteiger partial charge in [0.2, 0.25) is 5.91 Å². The minimum atomic E-state index is -0.450. The summed E-state index contributed by atoms with van der Waals surface area (Å²) in [4.78, 5) is 11.8. The van der Waals surface area contributed by atoms with E-state index in [1.54, 1.807) is 0 Å². The molecule has 17 heavy (non-hydrogen) atoms. The van der Waals surface area contributed by atoms with Crippen molar-refractivity contribution in [1.82, 2.24) is 5.32 Å². The Bertz CT molecular complexity index is 400. The molecule has 1 amide bonds. The molecule has 1 unspecified atom stereocenters. The highest BCUT2D eigenvalue weighted by Gasteiger charge is 2.46. The molecule has 1 aliphatic carbocycles. The van der Waals surface area contributed by atoms with Gasteiger partial charge in [0.1, 0.15) is 0 Å². The van der Waals surface area contributed by atoms with Gasteiger partial charge in [-0.2, -0.15) is 0 Å². The van der Waals surface area contributed by atoms with Crippen molar-refractivity contribution in [3.05, 3.63) is 35.9 Å². The van der Waals surface area contributed by atoms with Gasteiger partial charge < -0.3 is 11.1 Å². The molecule has 0 saturated heterocycles. The van der Waals surface area contributed by atoms with E-state index in [-0.39, 0.29) is 11.3 Å². The Hall–Kier alpha value is -1.35. The van der Waals surface area contributed by atoms with Crippen molar-refractivity contribution in [3.8, 4) is 0 Å². The lowest BCUT2D eigenvalue weighted by Crippen LogP contribution is -2.43. The third kappa shape index (κ3) is 3.07. The van der Waals surface area contributed by atoms with E-state index in [0.717, 1.165) is 12.0 Å². The van der Waals surface area contributed by atoms with Crippen LogP contribution in [0, 0.1) is 5.41 Å². The van der Waals surface area contributed by atoms with Crippen LogP contribution in [0.5, 0.6) is 0 Å². The number of amides is 1. The Morgan fingerprint density at radius 1 is 1.47 bits per heavy atom. The molecular formula is C14H20N2O. The second-order valence-corrected chi connectivity index (χ2v) is 5.55. The zero-order chi connectivity index (χ0) is 12.5. The zero-order valence-electron chi connectivity index (χ0n) is 10.4. The van der Waals surface area contributed by atoms with Crippen molar-refractivity contribution in [1.29, 1.82) is 0 Å². The molecule has 0 radical (unpaired) electrons. The highest BCUT2D eigenvalue weighted by Crippen LogP contribution is 2.44. The number of nitrogens with one attached hydrogen (secondary N) is 1. The van der Waals surface area contributed by atoms with E-state index in [0.29, 0.717) is 12.5 Å². The van der Waals surface area contributed by atoms with Gasteiger partial charge in [-0.25, -0.2) is 0 Å². The second-order valence-electron chi connectivity index (χ2n) is 5.55. The fourth-order valence-corrected chi connectivity index (χ4v) is 1.95. The first kappa shape index (κ1) is 12.1. The summed E-state index contributed by atoms with van der Waals surface area (Å²) in [6.07, 6.45) is 1.65. The Labute approximate surface area is 102 Å². The quantitative estimate of drug-likeness (QED) is 0.826. The molecule has 1 fully saturated rings. The van der Waals surface area contributed by atoms with Crippen molar-refractivity contribution in [2.24, 2.45) is 11.1 Å². The minimum absolute atomic E-state index is 0.0376. The number of carbonyl (C=O) groups excluding carboxylic acids is 1. The van der Waals surface area contributed by atoms with E-state index in [4.69, 9.17) is 5.73 Å². The van der Waals surface area contributed by atoms with Crippen LogP contribution >= 0.6 is 0 Å². The van der Waals surface area contributed by atoms with Crippen LogP contribution in [-0.2, 0) is 11.2 Å². The van der Waals surface area contributed by atoms with Crippen LogP contribution < -0.4 is 11.1 Å². The molecule has 92 valence electrons. The molecule has 0 aromatic heterocycles. The van der Waals surface area contributed by atoms with Gasteiger partial charge in [0, 0.05) is 6.04 Å². The number of rotatable bonds is 4. The van der Waals surface area contributed by atoms with Gasteiger partial charge in [0.15, 0.2) is 0 Å². The smallest absolute Gasteiger partial charge is 0.237 e. The summed E-state index contributed by atoms with van der Waals surface area (Å²) in [7, 11) is 0. The molecule has 1 aliphatic rings. The number of carbonyl (C=O) groups is 1. The van der Waals surface area contributed by atoms with Crippen molar-refractivity contribution in [3.63, 3.8) is 0 Å². The van der Waals surface area contributed by atoms with Crippen molar-refractivity contribution < 1.29 is 4.79 Å². The first-order valence-corrected chi connectivity index (χ1v) is 6.09. The fourth-order valence-electron chi connectivity index (χ4n) is 1.95. The lowest BCUT2D eigenvalue weighted by molar-refractivity contribution is -0.122. The first-order valence-electron chi connectivity index (χ1n) is 6.09. The molecule has 0 bridgehead atoms. The van der Waals surface area contributed by atoms with Gasteiger partial charge in [-0.3, -0.25) is 4.79 Å². The summed E-state index contributed by atoms with van der Waals surface area (Å²) in [5, 5.41) is 3.00. The topological polar surface area (TPSA) is 55.1 Å². The van der Waals surface area contributed by atoms with E-state index < -0.39 is 6.04 Å². The Kier molecular flexibility index (Phi) is 3.20. The van der Waals surface area contributed by atoms with Crippen LogP contribution in [0.2, 0.25) is 0 Å². The Morgan fingerprint density at radius 3 is 2.59 bits per heavy atom. The molecule has 0 heterocycles. The molecule has 1 aromatic rings. The summed E-state index contributed by atoms with van der Waals surface area (Å²) < 4.78 is 0. The predicted molar refractivity (Wildman–Crippen MR) is 68.5 cm³/mol. The third-order valence-corrected chi connectivity index (χ3v) is 3.47. The second kappa shape index (κ2) is 4.49. The van der Waals surface area contributed by atoms with Crippen LogP contribution in [-0.4, -0.2) is 18.0 Å². The lowest BCUT2D eigenvalue weighted by atomic mass is 10.1. The summed E-state index contributed by atoms with van der Waals surface area (Å²) in [6, 6.07) is 9.73. The molecule has 0 spiro atoms. The number of nitrogens with two attached hydrogens (primary N) is 1. The predicted octanol–water partition coefficient (Wildman–Crippen LogP) is 1.47. The third-order valence-electron chi connectivity index (χ3n) is 3.47. The van der Waals surface area contributed by atoms with Gasteiger partial charge in [0.05, 0.1) is 6.04 Å². The molecule has 2 rings (SSSR count). The number of hydrogen-bond acceptors (Lipinski definition) is 2. The van der Waals surface area contributed by atoms with Gasteiger partial charge in [-0.05, 0) is 23.8 Å². The summed E-state index contributed by atoms with van der Waals surface area (Å²) >= 11 is 0.